The lowest BCUT2D eigenvalue weighted by molar-refractivity contribution is -0.115. The van der Waals surface area contributed by atoms with Gasteiger partial charge in [-0.25, -0.2) is 0 Å². The van der Waals surface area contributed by atoms with Crippen LogP contribution in [0.25, 0.3) is 0 Å². The summed E-state index contributed by atoms with van der Waals surface area (Å²) in [5, 5.41) is 2.20. The topological polar surface area (TPSA) is 72.2 Å². The predicted molar refractivity (Wildman–Crippen MR) is 66.5 cm³/mol. The molecule has 0 fully saturated rings. The van der Waals surface area contributed by atoms with Crippen molar-refractivity contribution in [2.24, 2.45) is 5.73 Å². The number of rotatable bonds is 4. The van der Waals surface area contributed by atoms with Gasteiger partial charge in [0.25, 0.3) is 0 Å². The fourth-order valence-corrected chi connectivity index (χ4v) is 1.53. The molecule has 0 saturated heterocycles. The van der Waals surface area contributed by atoms with E-state index in [4.69, 9.17) is 5.73 Å². The molecule has 16 heavy (non-hydrogen) atoms. The first-order valence-electron chi connectivity index (χ1n) is 4.96. The Balaban J connectivity index is 2.73. The number of anilines is 1. The Morgan fingerprint density at radius 2 is 2.25 bits per heavy atom. The van der Waals surface area contributed by atoms with E-state index in [9.17, 15) is 9.00 Å². The number of carbonyl (C=O) groups is 1. The number of nitrogens with one attached hydrogen (secondary N) is 1. The average Bonchev–Trinajstić information content (AvgIpc) is 2.28. The second kappa shape index (κ2) is 5.77. The smallest absolute Gasteiger partial charge is 0.239 e. The van der Waals surface area contributed by atoms with Gasteiger partial charge in [-0.1, -0.05) is 12.1 Å². The van der Waals surface area contributed by atoms with Crippen molar-refractivity contribution in [1.29, 1.82) is 0 Å². The molecule has 1 aromatic rings. The van der Waals surface area contributed by atoms with Gasteiger partial charge in [0.15, 0.2) is 0 Å². The summed E-state index contributed by atoms with van der Waals surface area (Å²) >= 11 is 0. The van der Waals surface area contributed by atoms with E-state index >= 15 is 0 Å². The summed E-state index contributed by atoms with van der Waals surface area (Å²) < 4.78 is 11.1. The normalized spacial score (nSPS) is 14.2. The van der Waals surface area contributed by atoms with E-state index in [0.29, 0.717) is 12.2 Å². The summed E-state index contributed by atoms with van der Waals surface area (Å²) in [5.41, 5.74) is 7.13. The van der Waals surface area contributed by atoms with Crippen molar-refractivity contribution in [2.45, 2.75) is 18.7 Å². The van der Waals surface area contributed by atoms with Crippen molar-refractivity contribution >= 4 is 22.4 Å². The molecule has 0 spiro atoms. The molecule has 0 bridgehead atoms. The molecular weight excluding hydrogens is 224 g/mol. The summed E-state index contributed by atoms with van der Waals surface area (Å²) in [7, 11) is -1.16. The molecule has 4 nitrogen and oxygen atoms in total. The van der Waals surface area contributed by atoms with Crippen LogP contribution < -0.4 is 11.1 Å². The summed E-state index contributed by atoms with van der Waals surface area (Å²) in [6, 6.07) is 7.30. The van der Waals surface area contributed by atoms with Gasteiger partial charge in [0.05, 0.1) is 0 Å². The third-order valence-electron chi connectivity index (χ3n) is 2.30. The van der Waals surface area contributed by atoms with Crippen molar-refractivity contribution in [3.63, 3.8) is 0 Å². The highest BCUT2D eigenvalue weighted by molar-refractivity contribution is 7.85. The molecule has 0 aromatic heterocycles. The SMILES string of the molecule is CC(C(=O)Nc1cccc(CN)c1)S(C)=O. The molecule has 88 valence electrons. The summed E-state index contributed by atoms with van der Waals surface area (Å²) in [6.45, 7) is 2.07. The van der Waals surface area contributed by atoms with Crippen molar-refractivity contribution in [3.8, 4) is 0 Å². The Morgan fingerprint density at radius 1 is 1.56 bits per heavy atom. The number of benzene rings is 1. The van der Waals surface area contributed by atoms with Gasteiger partial charge in [0, 0.05) is 29.3 Å². The van der Waals surface area contributed by atoms with Crippen LogP contribution in [0.1, 0.15) is 12.5 Å². The Labute approximate surface area is 97.7 Å². The highest BCUT2D eigenvalue weighted by Crippen LogP contribution is 2.11. The van der Waals surface area contributed by atoms with Gasteiger partial charge in [-0.2, -0.15) is 0 Å². The Hall–Kier alpha value is -1.20. The van der Waals surface area contributed by atoms with Gasteiger partial charge >= 0.3 is 0 Å². The number of amides is 1. The lowest BCUT2D eigenvalue weighted by Gasteiger charge is -2.10. The number of hydrogen-bond acceptors (Lipinski definition) is 3. The molecule has 0 radical (unpaired) electrons. The molecule has 1 aromatic carbocycles. The summed E-state index contributed by atoms with van der Waals surface area (Å²) in [4.78, 5) is 11.6. The fourth-order valence-electron chi connectivity index (χ4n) is 1.17. The molecule has 0 heterocycles. The summed E-state index contributed by atoms with van der Waals surface area (Å²) in [6.07, 6.45) is 1.51. The van der Waals surface area contributed by atoms with Gasteiger partial charge in [0.2, 0.25) is 5.91 Å². The van der Waals surface area contributed by atoms with Crippen molar-refractivity contribution in [3.05, 3.63) is 29.8 Å². The maximum Gasteiger partial charge on any atom is 0.239 e. The second-order valence-corrected chi connectivity index (χ2v) is 5.24. The minimum absolute atomic E-state index is 0.241. The van der Waals surface area contributed by atoms with Crippen molar-refractivity contribution in [2.75, 3.05) is 11.6 Å². The molecule has 2 unspecified atom stereocenters. The molecule has 1 amide bonds. The van der Waals surface area contributed by atoms with E-state index in [1.807, 2.05) is 18.2 Å². The zero-order valence-electron chi connectivity index (χ0n) is 9.40. The summed E-state index contributed by atoms with van der Waals surface area (Å²) in [5.74, 6) is -0.241. The average molecular weight is 240 g/mol. The minimum atomic E-state index is -1.16. The first kappa shape index (κ1) is 12.9. The number of nitrogens with two attached hydrogens (primary N) is 1. The molecule has 1 rings (SSSR count). The van der Waals surface area contributed by atoms with Gasteiger partial charge < -0.3 is 11.1 Å². The lowest BCUT2D eigenvalue weighted by Crippen LogP contribution is -2.28. The van der Waals surface area contributed by atoms with Gasteiger partial charge in [-0.3, -0.25) is 9.00 Å². The zero-order chi connectivity index (χ0) is 12.1. The van der Waals surface area contributed by atoms with E-state index in [1.165, 1.54) is 6.26 Å². The van der Waals surface area contributed by atoms with Crippen LogP contribution in [0.4, 0.5) is 5.69 Å². The first-order valence-corrected chi connectivity index (χ1v) is 6.59. The highest BCUT2D eigenvalue weighted by atomic mass is 32.2. The molecule has 0 aliphatic rings. The van der Waals surface area contributed by atoms with Crippen LogP contribution in [-0.4, -0.2) is 21.6 Å². The molecule has 0 saturated carbocycles. The maximum atomic E-state index is 11.6. The molecule has 3 N–H and O–H groups in total. The first-order chi connectivity index (χ1) is 7.54. The molecular formula is C11H16N2O2S. The molecule has 2 atom stereocenters. The van der Waals surface area contributed by atoms with E-state index in [0.717, 1.165) is 5.56 Å². The van der Waals surface area contributed by atoms with Crippen LogP contribution in [0.2, 0.25) is 0 Å². The Bertz CT molecular complexity index is 407. The van der Waals surface area contributed by atoms with Crippen LogP contribution in [0.5, 0.6) is 0 Å². The van der Waals surface area contributed by atoms with Crippen LogP contribution in [0.15, 0.2) is 24.3 Å². The van der Waals surface area contributed by atoms with E-state index in [2.05, 4.69) is 5.32 Å². The van der Waals surface area contributed by atoms with E-state index in [-0.39, 0.29) is 5.91 Å². The lowest BCUT2D eigenvalue weighted by atomic mass is 10.2. The van der Waals surface area contributed by atoms with Crippen LogP contribution >= 0.6 is 0 Å². The third-order valence-corrected chi connectivity index (χ3v) is 3.51. The zero-order valence-corrected chi connectivity index (χ0v) is 10.2. The van der Waals surface area contributed by atoms with Crippen LogP contribution in [0, 0.1) is 0 Å². The molecule has 0 aliphatic carbocycles. The van der Waals surface area contributed by atoms with Crippen molar-refractivity contribution < 1.29 is 9.00 Å². The third kappa shape index (κ3) is 3.43. The van der Waals surface area contributed by atoms with E-state index < -0.39 is 16.0 Å². The minimum Gasteiger partial charge on any atom is -0.326 e. The largest absolute Gasteiger partial charge is 0.326 e. The molecule has 0 aliphatic heterocycles. The fraction of sp³-hybridized carbons (Fsp3) is 0.364. The van der Waals surface area contributed by atoms with Crippen LogP contribution in [0.3, 0.4) is 0 Å². The number of carbonyl (C=O) groups excluding carboxylic acids is 1. The maximum absolute atomic E-state index is 11.6. The quantitative estimate of drug-likeness (QED) is 0.819. The predicted octanol–water partition coefficient (Wildman–Crippen LogP) is 0.851. The molecule has 5 heteroatoms. The Morgan fingerprint density at radius 3 is 2.81 bits per heavy atom. The van der Waals surface area contributed by atoms with Crippen LogP contribution in [-0.2, 0) is 22.1 Å². The van der Waals surface area contributed by atoms with E-state index in [1.54, 1.807) is 13.0 Å². The standard InChI is InChI=1S/C11H16N2O2S/c1-8(16(2)15)11(14)13-10-5-3-4-9(6-10)7-12/h3-6,8H,7,12H2,1-2H3,(H,13,14). The second-order valence-electron chi connectivity index (χ2n) is 3.53. The van der Waals surface area contributed by atoms with Gasteiger partial charge in [-0.05, 0) is 24.6 Å². The highest BCUT2D eigenvalue weighted by Gasteiger charge is 2.16. The monoisotopic (exact) mass is 240 g/mol. The number of hydrogen-bond donors (Lipinski definition) is 2. The Kier molecular flexibility index (Phi) is 4.64. The van der Waals surface area contributed by atoms with Gasteiger partial charge in [-0.15, -0.1) is 0 Å². The van der Waals surface area contributed by atoms with Gasteiger partial charge in [0.1, 0.15) is 5.25 Å². The van der Waals surface area contributed by atoms with Crippen molar-refractivity contribution in [1.82, 2.24) is 0 Å².